The number of benzene rings is 1. The van der Waals surface area contributed by atoms with Crippen LogP contribution in [0.2, 0.25) is 5.15 Å². The molecule has 0 aliphatic heterocycles. The van der Waals surface area contributed by atoms with Gasteiger partial charge in [-0.2, -0.15) is 0 Å². The highest BCUT2D eigenvalue weighted by atomic mass is 35.5. The van der Waals surface area contributed by atoms with Gasteiger partial charge in [0.25, 0.3) is 5.91 Å². The van der Waals surface area contributed by atoms with Crippen LogP contribution in [0.4, 0.5) is 8.78 Å². The van der Waals surface area contributed by atoms with Crippen molar-refractivity contribution in [1.29, 1.82) is 0 Å². The van der Waals surface area contributed by atoms with Crippen LogP contribution in [-0.4, -0.2) is 27.8 Å². The minimum atomic E-state index is -0.672. The summed E-state index contributed by atoms with van der Waals surface area (Å²) in [5.41, 5.74) is 0.120. The first-order valence-electron chi connectivity index (χ1n) is 6.10. The fraction of sp³-hybridized carbons (Fsp3) is 0.214. The molecule has 1 heterocycles. The fourth-order valence-electron chi connectivity index (χ4n) is 1.85. The van der Waals surface area contributed by atoms with E-state index in [4.69, 9.17) is 11.6 Å². The van der Waals surface area contributed by atoms with Gasteiger partial charge in [-0.15, -0.1) is 0 Å². The molecule has 0 aliphatic rings. The Morgan fingerprint density at radius 2 is 2.05 bits per heavy atom. The van der Waals surface area contributed by atoms with Crippen molar-refractivity contribution in [3.63, 3.8) is 0 Å². The Morgan fingerprint density at radius 1 is 1.33 bits per heavy atom. The van der Waals surface area contributed by atoms with Crippen LogP contribution in [0.25, 0.3) is 0 Å². The molecule has 0 radical (unpaired) electrons. The van der Waals surface area contributed by atoms with Crippen molar-refractivity contribution in [3.8, 4) is 0 Å². The molecule has 2 rings (SSSR count). The van der Waals surface area contributed by atoms with Crippen molar-refractivity contribution in [3.05, 3.63) is 58.6 Å². The molecule has 0 saturated carbocycles. The highest BCUT2D eigenvalue weighted by molar-refractivity contribution is 6.29. The zero-order chi connectivity index (χ0) is 15.6. The molecule has 0 fully saturated rings. The number of nitrogens with zero attached hydrogens (tertiary/aromatic N) is 3. The van der Waals surface area contributed by atoms with E-state index in [-0.39, 0.29) is 16.4 Å². The largest absolute Gasteiger partial charge is 0.333 e. The van der Waals surface area contributed by atoms with Crippen molar-refractivity contribution in [2.24, 2.45) is 0 Å². The number of hydrogen-bond acceptors (Lipinski definition) is 3. The van der Waals surface area contributed by atoms with E-state index < -0.39 is 23.6 Å². The molecule has 1 aromatic heterocycles. The van der Waals surface area contributed by atoms with Crippen LogP contribution in [-0.2, 0) is 0 Å². The maximum absolute atomic E-state index is 13.8. The first-order valence-corrected chi connectivity index (χ1v) is 6.47. The number of aromatic nitrogens is 2. The van der Waals surface area contributed by atoms with E-state index in [0.717, 1.165) is 18.2 Å². The Bertz CT molecular complexity index is 681. The second-order valence-corrected chi connectivity index (χ2v) is 4.87. The van der Waals surface area contributed by atoms with Crippen molar-refractivity contribution in [1.82, 2.24) is 14.9 Å². The van der Waals surface area contributed by atoms with E-state index in [1.807, 2.05) is 0 Å². The minimum absolute atomic E-state index is 0.0358. The topological polar surface area (TPSA) is 46.1 Å². The van der Waals surface area contributed by atoms with E-state index in [2.05, 4.69) is 9.97 Å². The Kier molecular flexibility index (Phi) is 4.47. The van der Waals surface area contributed by atoms with Crippen molar-refractivity contribution >= 4 is 17.5 Å². The monoisotopic (exact) mass is 311 g/mol. The quantitative estimate of drug-likeness (QED) is 0.874. The number of halogens is 3. The molecule has 1 unspecified atom stereocenters. The summed E-state index contributed by atoms with van der Waals surface area (Å²) in [5, 5.41) is 0.0823. The van der Waals surface area contributed by atoms with Gasteiger partial charge >= 0.3 is 0 Å². The third-order valence-electron chi connectivity index (χ3n) is 3.13. The number of carbonyl (C=O) groups is 1. The predicted octanol–water partition coefficient (Wildman–Crippen LogP) is 3.24. The van der Waals surface area contributed by atoms with Gasteiger partial charge in [0.05, 0.1) is 18.4 Å². The van der Waals surface area contributed by atoms with Gasteiger partial charge in [0, 0.05) is 12.6 Å². The van der Waals surface area contributed by atoms with Crippen molar-refractivity contribution in [2.75, 3.05) is 7.05 Å². The average molecular weight is 312 g/mol. The van der Waals surface area contributed by atoms with Crippen molar-refractivity contribution in [2.45, 2.75) is 13.0 Å². The van der Waals surface area contributed by atoms with Crippen LogP contribution in [0.15, 0.2) is 30.6 Å². The molecule has 21 heavy (non-hydrogen) atoms. The summed E-state index contributed by atoms with van der Waals surface area (Å²) in [7, 11) is 1.47. The van der Waals surface area contributed by atoms with Gasteiger partial charge in [0.1, 0.15) is 22.5 Å². The van der Waals surface area contributed by atoms with Gasteiger partial charge in [0.2, 0.25) is 0 Å². The highest BCUT2D eigenvalue weighted by Crippen LogP contribution is 2.24. The zero-order valence-electron chi connectivity index (χ0n) is 11.3. The van der Waals surface area contributed by atoms with Gasteiger partial charge in [-0.05, 0) is 25.1 Å². The maximum atomic E-state index is 13.8. The fourth-order valence-corrected chi connectivity index (χ4v) is 1.99. The molecule has 2 aromatic rings. The van der Waals surface area contributed by atoms with Crippen LogP contribution in [0.5, 0.6) is 0 Å². The predicted molar refractivity (Wildman–Crippen MR) is 73.9 cm³/mol. The van der Waals surface area contributed by atoms with Crippen molar-refractivity contribution < 1.29 is 13.6 Å². The summed E-state index contributed by atoms with van der Waals surface area (Å²) in [6.07, 6.45) is 2.56. The van der Waals surface area contributed by atoms with Gasteiger partial charge in [0.15, 0.2) is 0 Å². The van der Waals surface area contributed by atoms with Crippen LogP contribution >= 0.6 is 11.6 Å². The summed E-state index contributed by atoms with van der Waals surface area (Å²) < 4.78 is 27.0. The van der Waals surface area contributed by atoms with Crippen LogP contribution < -0.4 is 0 Å². The van der Waals surface area contributed by atoms with Gasteiger partial charge in [-0.25, -0.2) is 13.8 Å². The lowest BCUT2D eigenvalue weighted by molar-refractivity contribution is 0.0733. The van der Waals surface area contributed by atoms with E-state index in [0.29, 0.717) is 0 Å². The minimum Gasteiger partial charge on any atom is -0.333 e. The Labute approximate surface area is 125 Å². The Hall–Kier alpha value is -2.08. The molecule has 0 aliphatic carbocycles. The average Bonchev–Trinajstić information content (AvgIpc) is 2.47. The molecule has 0 spiro atoms. The number of carbonyl (C=O) groups excluding carboxylic acids is 1. The van der Waals surface area contributed by atoms with Gasteiger partial charge < -0.3 is 4.90 Å². The molecule has 0 saturated heterocycles. The van der Waals surface area contributed by atoms with Crippen LogP contribution in [0.1, 0.15) is 29.0 Å². The number of rotatable bonds is 3. The molecule has 4 nitrogen and oxygen atoms in total. The second-order valence-electron chi connectivity index (χ2n) is 4.48. The third-order valence-corrected chi connectivity index (χ3v) is 3.32. The second kappa shape index (κ2) is 6.13. The van der Waals surface area contributed by atoms with Gasteiger partial charge in [-0.3, -0.25) is 9.78 Å². The first kappa shape index (κ1) is 15.3. The molecule has 0 bridgehead atoms. The van der Waals surface area contributed by atoms with E-state index in [1.54, 1.807) is 6.92 Å². The highest BCUT2D eigenvalue weighted by Gasteiger charge is 2.23. The number of amides is 1. The molecular weight excluding hydrogens is 300 g/mol. The SMILES string of the molecule is CC(c1cc(F)ccc1F)N(C)C(=O)c1cncc(Cl)n1. The van der Waals surface area contributed by atoms with E-state index in [1.165, 1.54) is 24.3 Å². The summed E-state index contributed by atoms with van der Waals surface area (Å²) in [4.78, 5) is 21.1. The van der Waals surface area contributed by atoms with Crippen LogP contribution in [0, 0.1) is 11.6 Å². The van der Waals surface area contributed by atoms with E-state index in [9.17, 15) is 13.6 Å². The Balaban J connectivity index is 2.28. The van der Waals surface area contributed by atoms with Gasteiger partial charge in [-0.1, -0.05) is 11.6 Å². The molecule has 1 atom stereocenters. The molecule has 7 heteroatoms. The Morgan fingerprint density at radius 3 is 2.71 bits per heavy atom. The summed E-state index contributed by atoms with van der Waals surface area (Å²) in [5.74, 6) is -1.64. The van der Waals surface area contributed by atoms with Crippen LogP contribution in [0.3, 0.4) is 0 Å². The lowest BCUT2D eigenvalue weighted by Gasteiger charge is -2.25. The summed E-state index contributed by atoms with van der Waals surface area (Å²) >= 11 is 5.68. The molecule has 0 N–H and O–H groups in total. The third kappa shape index (κ3) is 3.33. The number of hydrogen-bond donors (Lipinski definition) is 0. The summed E-state index contributed by atoms with van der Waals surface area (Å²) in [6.45, 7) is 1.59. The first-order chi connectivity index (χ1) is 9.90. The van der Waals surface area contributed by atoms with E-state index >= 15 is 0 Å². The zero-order valence-corrected chi connectivity index (χ0v) is 12.1. The normalized spacial score (nSPS) is 12.0. The lowest BCUT2D eigenvalue weighted by atomic mass is 10.1. The standard InChI is InChI=1S/C14H12ClF2N3O/c1-8(10-5-9(16)3-4-11(10)17)20(2)14(21)12-6-18-7-13(15)19-12/h3-8H,1-2H3. The molecule has 1 amide bonds. The molecular formula is C14H12ClF2N3O. The smallest absolute Gasteiger partial charge is 0.274 e. The maximum Gasteiger partial charge on any atom is 0.274 e. The summed E-state index contributed by atoms with van der Waals surface area (Å²) in [6, 6.07) is 2.44. The molecule has 1 aromatic carbocycles. The lowest BCUT2D eigenvalue weighted by Crippen LogP contribution is -2.31. The molecule has 110 valence electrons.